The lowest BCUT2D eigenvalue weighted by Gasteiger charge is -2.36. The van der Waals surface area contributed by atoms with Gasteiger partial charge in [0.15, 0.2) is 0 Å². The lowest BCUT2D eigenvalue weighted by atomic mass is 9.68. The second-order valence-corrected chi connectivity index (χ2v) is 9.33. The van der Waals surface area contributed by atoms with Crippen molar-refractivity contribution in [2.24, 2.45) is 5.41 Å². The van der Waals surface area contributed by atoms with Gasteiger partial charge in [-0.1, -0.05) is 48.0 Å². The van der Waals surface area contributed by atoms with E-state index in [1.807, 2.05) is 54.4 Å². The van der Waals surface area contributed by atoms with Crippen molar-refractivity contribution in [1.82, 2.24) is 0 Å². The molecule has 32 heavy (non-hydrogen) atoms. The van der Waals surface area contributed by atoms with Crippen molar-refractivity contribution < 1.29 is 9.53 Å². The molecule has 0 saturated heterocycles. The SMILES string of the molecule is COc1ccc2c(c1)CCC1=C2c2cc(Cl)ccc2N(C)C(=O)C1(C)Cc1ccccc1. The zero-order valence-electron chi connectivity index (χ0n) is 18.6. The zero-order chi connectivity index (χ0) is 22.5. The molecule has 4 heteroatoms. The number of hydrogen-bond acceptors (Lipinski definition) is 2. The molecule has 3 nitrogen and oxygen atoms in total. The van der Waals surface area contributed by atoms with Crippen LogP contribution in [0.5, 0.6) is 5.75 Å². The van der Waals surface area contributed by atoms with E-state index < -0.39 is 5.41 Å². The average Bonchev–Trinajstić information content (AvgIpc) is 2.88. The molecular formula is C28H26ClNO2. The summed E-state index contributed by atoms with van der Waals surface area (Å²) in [7, 11) is 3.58. The lowest BCUT2D eigenvalue weighted by Crippen LogP contribution is -2.42. The Bertz CT molecular complexity index is 1250. The minimum Gasteiger partial charge on any atom is -0.497 e. The highest BCUT2D eigenvalue weighted by Crippen LogP contribution is 2.51. The van der Waals surface area contributed by atoms with E-state index in [1.165, 1.54) is 11.1 Å². The Balaban J connectivity index is 1.81. The summed E-state index contributed by atoms with van der Waals surface area (Å²) in [4.78, 5) is 15.8. The van der Waals surface area contributed by atoms with E-state index in [0.29, 0.717) is 11.4 Å². The quantitative estimate of drug-likeness (QED) is 0.474. The molecule has 0 saturated carbocycles. The van der Waals surface area contributed by atoms with Gasteiger partial charge in [0.2, 0.25) is 5.91 Å². The number of aryl methyl sites for hydroxylation is 1. The van der Waals surface area contributed by atoms with Crippen LogP contribution in [0.2, 0.25) is 5.02 Å². The van der Waals surface area contributed by atoms with Gasteiger partial charge in [-0.05, 0) is 84.4 Å². The second kappa shape index (κ2) is 7.83. The third-order valence-corrected chi connectivity index (χ3v) is 7.20. The topological polar surface area (TPSA) is 29.5 Å². The van der Waals surface area contributed by atoms with Gasteiger partial charge in [0.05, 0.1) is 18.2 Å². The molecular weight excluding hydrogens is 418 g/mol. The van der Waals surface area contributed by atoms with Crippen molar-refractivity contribution in [3.05, 3.63) is 99.6 Å². The molecule has 0 radical (unpaired) electrons. The van der Waals surface area contributed by atoms with Crippen molar-refractivity contribution in [3.8, 4) is 5.75 Å². The van der Waals surface area contributed by atoms with E-state index >= 15 is 0 Å². The summed E-state index contributed by atoms with van der Waals surface area (Å²) >= 11 is 6.47. The molecule has 0 spiro atoms. The summed E-state index contributed by atoms with van der Waals surface area (Å²) < 4.78 is 5.48. The number of carbonyl (C=O) groups excluding carboxylic acids is 1. The van der Waals surface area contributed by atoms with Gasteiger partial charge in [0.25, 0.3) is 0 Å². The number of carbonyl (C=O) groups is 1. The van der Waals surface area contributed by atoms with Crippen molar-refractivity contribution >= 4 is 28.8 Å². The summed E-state index contributed by atoms with van der Waals surface area (Å²) in [6, 6.07) is 22.4. The Morgan fingerprint density at radius 3 is 2.53 bits per heavy atom. The first-order chi connectivity index (χ1) is 15.4. The van der Waals surface area contributed by atoms with Crippen molar-refractivity contribution in [3.63, 3.8) is 0 Å². The molecule has 162 valence electrons. The van der Waals surface area contributed by atoms with Gasteiger partial charge in [-0.2, -0.15) is 0 Å². The minimum atomic E-state index is -0.658. The number of methoxy groups -OCH3 is 1. The third kappa shape index (κ3) is 3.23. The molecule has 1 heterocycles. The van der Waals surface area contributed by atoms with E-state index in [0.717, 1.165) is 46.5 Å². The molecule has 1 atom stereocenters. The number of fused-ring (bicyclic) bond motifs is 4. The first-order valence-corrected chi connectivity index (χ1v) is 11.3. The number of hydrogen-bond donors (Lipinski definition) is 0. The largest absolute Gasteiger partial charge is 0.497 e. The van der Waals surface area contributed by atoms with Gasteiger partial charge in [-0.25, -0.2) is 0 Å². The molecule has 0 bridgehead atoms. The van der Waals surface area contributed by atoms with Crippen LogP contribution in [-0.2, 0) is 17.6 Å². The van der Waals surface area contributed by atoms with Crippen molar-refractivity contribution in [1.29, 1.82) is 0 Å². The van der Waals surface area contributed by atoms with Crippen LogP contribution in [0.15, 0.2) is 72.3 Å². The van der Waals surface area contributed by atoms with Crippen LogP contribution in [0.25, 0.3) is 5.57 Å². The highest BCUT2D eigenvalue weighted by molar-refractivity contribution is 6.31. The molecule has 0 N–H and O–H groups in total. The number of ether oxygens (including phenoxy) is 1. The molecule has 1 aliphatic carbocycles. The van der Waals surface area contributed by atoms with Crippen LogP contribution >= 0.6 is 11.6 Å². The van der Waals surface area contributed by atoms with Crippen LogP contribution < -0.4 is 9.64 Å². The molecule has 1 unspecified atom stereocenters. The van der Waals surface area contributed by atoms with Crippen LogP contribution in [0, 0.1) is 5.41 Å². The standard InChI is InChI=1S/C28H26ClNO2/c1-28(17-18-7-5-4-6-8-18)24-13-9-19-15-21(32-3)11-12-22(19)26(24)23-16-20(29)10-14-25(23)30(2)27(28)31/h4-8,10-12,14-16H,9,13,17H2,1-3H3. The molecule has 2 aliphatic rings. The summed E-state index contributed by atoms with van der Waals surface area (Å²) in [6.45, 7) is 2.11. The van der Waals surface area contributed by atoms with E-state index in [-0.39, 0.29) is 5.91 Å². The fourth-order valence-corrected chi connectivity index (χ4v) is 5.52. The van der Waals surface area contributed by atoms with Gasteiger partial charge in [0, 0.05) is 17.6 Å². The highest BCUT2D eigenvalue weighted by Gasteiger charge is 2.45. The maximum atomic E-state index is 14.0. The third-order valence-electron chi connectivity index (χ3n) is 6.96. The van der Waals surface area contributed by atoms with E-state index in [1.54, 1.807) is 7.11 Å². The molecule has 5 rings (SSSR count). The van der Waals surface area contributed by atoms with Gasteiger partial charge in [-0.3, -0.25) is 4.79 Å². The highest BCUT2D eigenvalue weighted by atomic mass is 35.5. The minimum absolute atomic E-state index is 0.117. The zero-order valence-corrected chi connectivity index (χ0v) is 19.4. The number of amides is 1. The first-order valence-electron chi connectivity index (χ1n) is 11.0. The van der Waals surface area contributed by atoms with E-state index in [9.17, 15) is 4.79 Å². The number of anilines is 1. The Kier molecular flexibility index (Phi) is 5.10. The number of halogens is 1. The number of nitrogens with zero attached hydrogens (tertiary/aromatic N) is 1. The monoisotopic (exact) mass is 443 g/mol. The maximum Gasteiger partial charge on any atom is 0.237 e. The Morgan fingerprint density at radius 2 is 1.78 bits per heavy atom. The smallest absolute Gasteiger partial charge is 0.237 e. The van der Waals surface area contributed by atoms with Crippen LogP contribution in [0.4, 0.5) is 5.69 Å². The maximum absolute atomic E-state index is 14.0. The average molecular weight is 444 g/mol. The Hall–Kier alpha value is -3.04. The fraction of sp³-hybridized carbons (Fsp3) is 0.250. The Labute approximate surface area is 194 Å². The van der Waals surface area contributed by atoms with E-state index in [2.05, 4.69) is 31.2 Å². The van der Waals surface area contributed by atoms with Crippen molar-refractivity contribution in [2.75, 3.05) is 19.1 Å². The summed E-state index contributed by atoms with van der Waals surface area (Å²) in [5.41, 5.74) is 7.16. The summed E-state index contributed by atoms with van der Waals surface area (Å²) in [5.74, 6) is 0.972. The van der Waals surface area contributed by atoms with Crippen molar-refractivity contribution in [2.45, 2.75) is 26.2 Å². The van der Waals surface area contributed by atoms with Crippen LogP contribution in [0.3, 0.4) is 0 Å². The van der Waals surface area contributed by atoms with Gasteiger partial charge in [0.1, 0.15) is 5.75 Å². The fourth-order valence-electron chi connectivity index (χ4n) is 5.35. The molecule has 0 aromatic heterocycles. The second-order valence-electron chi connectivity index (χ2n) is 8.90. The first kappa shape index (κ1) is 20.8. The van der Waals surface area contributed by atoms with Gasteiger partial charge in [-0.15, -0.1) is 0 Å². The normalized spacial score (nSPS) is 19.8. The Morgan fingerprint density at radius 1 is 1.00 bits per heavy atom. The molecule has 0 fully saturated rings. The molecule has 3 aromatic rings. The predicted octanol–water partition coefficient (Wildman–Crippen LogP) is 6.32. The van der Waals surface area contributed by atoms with E-state index in [4.69, 9.17) is 16.3 Å². The summed E-state index contributed by atoms with van der Waals surface area (Å²) in [5, 5.41) is 0.670. The van der Waals surface area contributed by atoms with Crippen LogP contribution in [-0.4, -0.2) is 20.1 Å². The molecule has 3 aromatic carbocycles. The van der Waals surface area contributed by atoms with Gasteiger partial charge >= 0.3 is 0 Å². The number of benzene rings is 3. The molecule has 1 amide bonds. The molecule has 1 aliphatic heterocycles. The lowest BCUT2D eigenvalue weighted by molar-refractivity contribution is -0.125. The summed E-state index contributed by atoms with van der Waals surface area (Å²) in [6.07, 6.45) is 2.36. The van der Waals surface area contributed by atoms with Gasteiger partial charge < -0.3 is 9.64 Å². The number of rotatable bonds is 3. The predicted molar refractivity (Wildman–Crippen MR) is 130 cm³/mol. The van der Waals surface area contributed by atoms with Crippen LogP contribution in [0.1, 0.15) is 35.6 Å².